The quantitative estimate of drug-likeness (QED) is 0.787. The zero-order valence-electron chi connectivity index (χ0n) is 11.3. The van der Waals surface area contributed by atoms with E-state index in [9.17, 15) is 8.42 Å². The fourth-order valence-electron chi connectivity index (χ4n) is 1.91. The minimum Gasteiger partial charge on any atom is -0.326 e. The van der Waals surface area contributed by atoms with E-state index in [4.69, 9.17) is 5.73 Å². The molecule has 0 aliphatic heterocycles. The molecule has 0 radical (unpaired) electrons. The molecule has 1 atom stereocenters. The average molecular weight is 303 g/mol. The number of sulfonamides is 1. The molecular weight excluding hydrogens is 282 g/mol. The molecule has 1 heterocycles. The van der Waals surface area contributed by atoms with Gasteiger partial charge in [-0.3, -0.25) is 4.90 Å². The minimum atomic E-state index is -3.41. The average Bonchev–Trinajstić information content (AvgIpc) is 3.11. The number of nitrogens with two attached hydrogens (primary N) is 1. The van der Waals surface area contributed by atoms with Crippen LogP contribution in [0, 0.1) is 0 Å². The Labute approximate surface area is 118 Å². The summed E-state index contributed by atoms with van der Waals surface area (Å²) in [5, 5.41) is 1.64. The van der Waals surface area contributed by atoms with Gasteiger partial charge < -0.3 is 5.73 Å². The van der Waals surface area contributed by atoms with Crippen molar-refractivity contribution in [1.82, 2.24) is 9.62 Å². The summed E-state index contributed by atoms with van der Waals surface area (Å²) in [6.45, 7) is 2.85. The van der Waals surface area contributed by atoms with Crippen molar-refractivity contribution in [2.24, 2.45) is 5.73 Å². The lowest BCUT2D eigenvalue weighted by atomic mass is 10.3. The van der Waals surface area contributed by atoms with Gasteiger partial charge in [0.25, 0.3) is 0 Å². The van der Waals surface area contributed by atoms with Crippen molar-refractivity contribution in [2.75, 3.05) is 13.6 Å². The number of nitrogens with zero attached hydrogens (tertiary/aromatic N) is 1. The Balaban J connectivity index is 1.93. The predicted octanol–water partition coefficient (Wildman–Crippen LogP) is 0.968. The summed E-state index contributed by atoms with van der Waals surface area (Å²) >= 11 is 1.38. The number of likely N-dealkylation sites (N-methyl/N-ethyl adjacent to an activating group) is 1. The molecule has 0 aromatic carbocycles. The third-order valence-corrected chi connectivity index (χ3v) is 6.04. The number of hydrogen-bond acceptors (Lipinski definition) is 5. The Morgan fingerprint density at radius 1 is 1.58 bits per heavy atom. The Morgan fingerprint density at radius 2 is 2.26 bits per heavy atom. The van der Waals surface area contributed by atoms with E-state index in [1.807, 2.05) is 14.0 Å². The van der Waals surface area contributed by atoms with Gasteiger partial charge in [-0.1, -0.05) is 0 Å². The van der Waals surface area contributed by atoms with Gasteiger partial charge in [-0.25, -0.2) is 13.1 Å². The van der Waals surface area contributed by atoms with E-state index in [1.165, 1.54) is 24.2 Å². The van der Waals surface area contributed by atoms with Crippen molar-refractivity contribution < 1.29 is 8.42 Å². The summed E-state index contributed by atoms with van der Waals surface area (Å²) in [5.74, 6) is 0. The molecule has 2 rings (SSSR count). The van der Waals surface area contributed by atoms with Gasteiger partial charge in [0.15, 0.2) is 0 Å². The fraction of sp³-hybridized carbons (Fsp3) is 0.667. The molecule has 108 valence electrons. The maximum absolute atomic E-state index is 12.1. The highest BCUT2D eigenvalue weighted by Gasteiger charge is 2.29. The van der Waals surface area contributed by atoms with Crippen LogP contribution >= 0.6 is 11.3 Å². The zero-order valence-corrected chi connectivity index (χ0v) is 12.9. The zero-order chi connectivity index (χ0) is 14.0. The Kier molecular flexibility index (Phi) is 4.62. The van der Waals surface area contributed by atoms with Crippen molar-refractivity contribution in [2.45, 2.75) is 43.3 Å². The molecule has 1 aliphatic rings. The van der Waals surface area contributed by atoms with E-state index in [1.54, 1.807) is 11.4 Å². The summed E-state index contributed by atoms with van der Waals surface area (Å²) in [5.41, 5.74) is 5.50. The first-order chi connectivity index (χ1) is 8.94. The standard InChI is InChI=1S/C12H21N3O2S2/c1-9(15(2)10-3-4-10)7-14-19(16,17)12-5-11(6-13)18-8-12/h5,8-10,14H,3-4,6-7,13H2,1-2H3. The lowest BCUT2D eigenvalue weighted by Gasteiger charge is -2.24. The Morgan fingerprint density at radius 3 is 2.79 bits per heavy atom. The van der Waals surface area contributed by atoms with Crippen LogP contribution in [-0.2, 0) is 16.6 Å². The van der Waals surface area contributed by atoms with E-state index >= 15 is 0 Å². The molecule has 19 heavy (non-hydrogen) atoms. The highest BCUT2D eigenvalue weighted by atomic mass is 32.2. The molecule has 1 fully saturated rings. The molecule has 1 aliphatic carbocycles. The smallest absolute Gasteiger partial charge is 0.241 e. The molecule has 0 bridgehead atoms. The van der Waals surface area contributed by atoms with E-state index in [-0.39, 0.29) is 6.04 Å². The van der Waals surface area contributed by atoms with E-state index < -0.39 is 10.0 Å². The van der Waals surface area contributed by atoms with Gasteiger partial charge in [0.05, 0.1) is 4.90 Å². The third-order valence-electron chi connectivity index (χ3n) is 3.53. The van der Waals surface area contributed by atoms with Crippen molar-refractivity contribution in [3.63, 3.8) is 0 Å². The molecule has 7 heteroatoms. The monoisotopic (exact) mass is 303 g/mol. The number of thiophene rings is 1. The van der Waals surface area contributed by atoms with Gasteiger partial charge in [0.1, 0.15) is 0 Å². The van der Waals surface area contributed by atoms with Gasteiger partial charge in [0.2, 0.25) is 10.0 Å². The molecule has 5 nitrogen and oxygen atoms in total. The Hall–Kier alpha value is -0.470. The van der Waals surface area contributed by atoms with E-state index in [0.29, 0.717) is 24.0 Å². The van der Waals surface area contributed by atoms with Crippen LogP contribution in [-0.4, -0.2) is 39.0 Å². The summed E-state index contributed by atoms with van der Waals surface area (Å²) in [7, 11) is -1.36. The molecular formula is C12H21N3O2S2. The van der Waals surface area contributed by atoms with Crippen molar-refractivity contribution >= 4 is 21.4 Å². The lowest BCUT2D eigenvalue weighted by Crippen LogP contribution is -2.41. The number of rotatable bonds is 7. The van der Waals surface area contributed by atoms with Crippen LogP contribution in [0.3, 0.4) is 0 Å². The molecule has 3 N–H and O–H groups in total. The normalized spacial score (nSPS) is 17.9. The molecule has 1 saturated carbocycles. The highest BCUT2D eigenvalue weighted by molar-refractivity contribution is 7.89. The second-order valence-corrected chi connectivity index (χ2v) is 7.81. The van der Waals surface area contributed by atoms with Gasteiger partial charge >= 0.3 is 0 Å². The summed E-state index contributed by atoms with van der Waals surface area (Å²) in [4.78, 5) is 3.43. The molecule has 0 spiro atoms. The van der Waals surface area contributed by atoms with Crippen molar-refractivity contribution in [3.8, 4) is 0 Å². The second-order valence-electron chi connectivity index (χ2n) is 5.05. The maximum Gasteiger partial charge on any atom is 0.241 e. The predicted molar refractivity (Wildman–Crippen MR) is 77.6 cm³/mol. The molecule has 1 aromatic heterocycles. The van der Waals surface area contributed by atoms with Crippen LogP contribution in [0.4, 0.5) is 0 Å². The van der Waals surface area contributed by atoms with Crippen LogP contribution in [0.2, 0.25) is 0 Å². The van der Waals surface area contributed by atoms with E-state index in [0.717, 1.165) is 4.88 Å². The third kappa shape index (κ3) is 3.76. The summed E-state index contributed by atoms with van der Waals surface area (Å²) < 4.78 is 26.9. The van der Waals surface area contributed by atoms with Crippen molar-refractivity contribution in [3.05, 3.63) is 16.3 Å². The van der Waals surface area contributed by atoms with Gasteiger partial charge in [-0.15, -0.1) is 11.3 Å². The van der Waals surface area contributed by atoms with Crippen molar-refractivity contribution in [1.29, 1.82) is 0 Å². The number of nitrogens with one attached hydrogen (secondary N) is 1. The fourth-order valence-corrected chi connectivity index (χ4v) is 4.18. The lowest BCUT2D eigenvalue weighted by molar-refractivity contribution is 0.248. The minimum absolute atomic E-state index is 0.204. The largest absolute Gasteiger partial charge is 0.326 e. The summed E-state index contributed by atoms with van der Waals surface area (Å²) in [6, 6.07) is 2.47. The number of hydrogen-bond donors (Lipinski definition) is 2. The molecule has 1 aromatic rings. The highest BCUT2D eigenvalue weighted by Crippen LogP contribution is 2.26. The first kappa shape index (κ1) is 14.9. The topological polar surface area (TPSA) is 75.4 Å². The van der Waals surface area contributed by atoms with Gasteiger partial charge in [-0.05, 0) is 32.9 Å². The van der Waals surface area contributed by atoms with E-state index in [2.05, 4.69) is 9.62 Å². The summed E-state index contributed by atoms with van der Waals surface area (Å²) in [6.07, 6.45) is 2.44. The first-order valence-electron chi connectivity index (χ1n) is 6.43. The van der Waals surface area contributed by atoms with Gasteiger partial charge in [0, 0.05) is 35.4 Å². The molecule has 1 unspecified atom stereocenters. The maximum atomic E-state index is 12.1. The van der Waals surface area contributed by atoms with Crippen LogP contribution in [0.5, 0.6) is 0 Å². The van der Waals surface area contributed by atoms with Crippen LogP contribution < -0.4 is 10.5 Å². The van der Waals surface area contributed by atoms with Crippen LogP contribution in [0.1, 0.15) is 24.6 Å². The first-order valence-corrected chi connectivity index (χ1v) is 8.79. The van der Waals surface area contributed by atoms with Gasteiger partial charge in [-0.2, -0.15) is 0 Å². The SMILES string of the molecule is CC(CNS(=O)(=O)c1csc(CN)c1)N(C)C1CC1. The second kappa shape index (κ2) is 5.88. The van der Waals surface area contributed by atoms with Crippen LogP contribution in [0.25, 0.3) is 0 Å². The molecule has 0 saturated heterocycles. The molecule has 0 amide bonds. The Bertz CT molecular complexity index is 523. The van der Waals surface area contributed by atoms with Crippen LogP contribution in [0.15, 0.2) is 16.3 Å².